The van der Waals surface area contributed by atoms with Gasteiger partial charge in [0, 0.05) is 10.2 Å². The van der Waals surface area contributed by atoms with Crippen molar-refractivity contribution in [2.24, 2.45) is 0 Å². The zero-order valence-corrected chi connectivity index (χ0v) is 14.0. The van der Waals surface area contributed by atoms with Gasteiger partial charge >= 0.3 is 0 Å². The van der Waals surface area contributed by atoms with Gasteiger partial charge < -0.3 is 9.73 Å². The summed E-state index contributed by atoms with van der Waals surface area (Å²) in [6.45, 7) is 5.59. The van der Waals surface area contributed by atoms with Gasteiger partial charge in [0.2, 0.25) is 0 Å². The number of benzene rings is 1. The van der Waals surface area contributed by atoms with E-state index >= 15 is 0 Å². The van der Waals surface area contributed by atoms with E-state index in [1.807, 2.05) is 32.0 Å². The molecule has 1 aromatic carbocycles. The lowest BCUT2D eigenvalue weighted by Crippen LogP contribution is -2.12. The first-order chi connectivity index (χ1) is 8.90. The molecule has 19 heavy (non-hydrogen) atoms. The molecular formula is C14H13Br2NO2. The number of halogens is 2. The molecule has 0 spiro atoms. The van der Waals surface area contributed by atoms with Crippen LogP contribution in [0.25, 0.3) is 0 Å². The van der Waals surface area contributed by atoms with Crippen molar-refractivity contribution in [2.45, 2.75) is 20.8 Å². The topological polar surface area (TPSA) is 42.2 Å². The highest BCUT2D eigenvalue weighted by molar-refractivity contribution is 9.10. The average molecular weight is 387 g/mol. The van der Waals surface area contributed by atoms with Gasteiger partial charge in [-0.2, -0.15) is 0 Å². The summed E-state index contributed by atoms with van der Waals surface area (Å²) in [7, 11) is 0. The van der Waals surface area contributed by atoms with Crippen molar-refractivity contribution in [1.29, 1.82) is 0 Å². The van der Waals surface area contributed by atoms with Gasteiger partial charge in [-0.25, -0.2) is 0 Å². The minimum absolute atomic E-state index is 0.183. The van der Waals surface area contributed by atoms with E-state index in [-0.39, 0.29) is 5.91 Å². The van der Waals surface area contributed by atoms with Crippen molar-refractivity contribution in [3.63, 3.8) is 0 Å². The fourth-order valence-electron chi connectivity index (χ4n) is 1.78. The molecule has 0 aliphatic rings. The highest BCUT2D eigenvalue weighted by Gasteiger charge is 2.19. The largest absolute Gasteiger partial charge is 0.465 e. The van der Waals surface area contributed by atoms with Crippen LogP contribution in [0.2, 0.25) is 0 Å². The summed E-state index contributed by atoms with van der Waals surface area (Å²) in [5.41, 5.74) is 2.40. The van der Waals surface area contributed by atoms with E-state index in [2.05, 4.69) is 37.2 Å². The zero-order chi connectivity index (χ0) is 14.2. The third-order valence-corrected chi connectivity index (χ3v) is 4.65. The van der Waals surface area contributed by atoms with Crippen LogP contribution in [0.5, 0.6) is 0 Å². The minimum Gasteiger partial charge on any atom is -0.465 e. The highest BCUT2D eigenvalue weighted by atomic mass is 79.9. The summed E-state index contributed by atoms with van der Waals surface area (Å²) in [4.78, 5) is 12.2. The predicted molar refractivity (Wildman–Crippen MR) is 82.7 cm³/mol. The summed E-state index contributed by atoms with van der Waals surface area (Å²) in [5, 5.41) is 2.86. The van der Waals surface area contributed by atoms with Crippen molar-refractivity contribution in [3.05, 3.63) is 49.8 Å². The molecular weight excluding hydrogens is 374 g/mol. The second kappa shape index (κ2) is 5.51. The van der Waals surface area contributed by atoms with Crippen LogP contribution in [0.15, 0.2) is 31.6 Å². The predicted octanol–water partition coefficient (Wildman–Crippen LogP) is 4.98. The Bertz CT molecular complexity index is 647. The molecule has 0 saturated heterocycles. The molecule has 1 aromatic heterocycles. The number of amides is 1. The molecule has 1 N–H and O–H groups in total. The molecule has 0 fully saturated rings. The number of furan rings is 1. The van der Waals surface area contributed by atoms with Gasteiger partial charge in [0.25, 0.3) is 5.91 Å². The normalized spacial score (nSPS) is 10.6. The number of carbonyl (C=O) groups excluding carboxylic acids is 1. The second-order valence-electron chi connectivity index (χ2n) is 4.32. The quantitative estimate of drug-likeness (QED) is 0.790. The lowest BCUT2D eigenvalue weighted by molar-refractivity contribution is 0.102. The van der Waals surface area contributed by atoms with Crippen LogP contribution in [0.1, 0.15) is 27.4 Å². The summed E-state index contributed by atoms with van der Waals surface area (Å²) < 4.78 is 7.09. The Morgan fingerprint density at radius 1 is 1.16 bits per heavy atom. The van der Waals surface area contributed by atoms with Gasteiger partial charge in [0.05, 0.1) is 10.0 Å². The molecule has 2 aromatic rings. The van der Waals surface area contributed by atoms with E-state index in [0.29, 0.717) is 21.6 Å². The van der Waals surface area contributed by atoms with Crippen LogP contribution in [0.4, 0.5) is 5.69 Å². The summed E-state index contributed by atoms with van der Waals surface area (Å²) in [6.07, 6.45) is 0. The SMILES string of the molecule is Cc1ccc(NC(=O)c2c(C)oc(C)c2Br)cc1Br. The molecule has 2 rings (SSSR count). The lowest BCUT2D eigenvalue weighted by atomic mass is 10.2. The molecule has 1 heterocycles. The van der Waals surface area contributed by atoms with E-state index in [4.69, 9.17) is 4.42 Å². The number of hydrogen-bond acceptors (Lipinski definition) is 2. The Morgan fingerprint density at radius 3 is 2.37 bits per heavy atom. The van der Waals surface area contributed by atoms with Gasteiger partial charge in [0.15, 0.2) is 0 Å². The Hall–Kier alpha value is -1.07. The molecule has 5 heteroatoms. The number of rotatable bonds is 2. The number of aryl methyl sites for hydroxylation is 3. The van der Waals surface area contributed by atoms with Gasteiger partial charge in [0.1, 0.15) is 11.5 Å². The maximum Gasteiger partial charge on any atom is 0.260 e. The monoisotopic (exact) mass is 385 g/mol. The van der Waals surface area contributed by atoms with Crippen molar-refractivity contribution >= 4 is 43.5 Å². The van der Waals surface area contributed by atoms with Crippen molar-refractivity contribution < 1.29 is 9.21 Å². The molecule has 1 amide bonds. The highest BCUT2D eigenvalue weighted by Crippen LogP contribution is 2.28. The van der Waals surface area contributed by atoms with Gasteiger partial charge in [-0.15, -0.1) is 0 Å². The smallest absolute Gasteiger partial charge is 0.260 e. The van der Waals surface area contributed by atoms with Crippen LogP contribution in [0, 0.1) is 20.8 Å². The first-order valence-electron chi connectivity index (χ1n) is 5.73. The van der Waals surface area contributed by atoms with Crippen molar-refractivity contribution in [2.75, 3.05) is 5.32 Å². The maximum atomic E-state index is 12.2. The van der Waals surface area contributed by atoms with Crippen molar-refractivity contribution in [1.82, 2.24) is 0 Å². The number of anilines is 1. The molecule has 0 bridgehead atoms. The summed E-state index contributed by atoms with van der Waals surface area (Å²) >= 11 is 6.82. The maximum absolute atomic E-state index is 12.2. The molecule has 100 valence electrons. The Kier molecular flexibility index (Phi) is 4.16. The first-order valence-corrected chi connectivity index (χ1v) is 7.31. The fourth-order valence-corrected chi connectivity index (χ4v) is 2.70. The summed E-state index contributed by atoms with van der Waals surface area (Å²) in [5.74, 6) is 1.12. The molecule has 0 aliphatic carbocycles. The van der Waals surface area contributed by atoms with Crippen molar-refractivity contribution in [3.8, 4) is 0 Å². The fraction of sp³-hybridized carbons (Fsp3) is 0.214. The second-order valence-corrected chi connectivity index (χ2v) is 5.97. The third-order valence-electron chi connectivity index (χ3n) is 2.84. The van der Waals surface area contributed by atoms with Gasteiger partial charge in [-0.05, 0) is 54.4 Å². The molecule has 0 aliphatic heterocycles. The van der Waals surface area contributed by atoms with Crippen LogP contribution < -0.4 is 5.32 Å². The number of carbonyl (C=O) groups is 1. The van der Waals surface area contributed by atoms with Gasteiger partial charge in [-0.1, -0.05) is 22.0 Å². The number of nitrogens with one attached hydrogen (secondary N) is 1. The molecule has 0 atom stereocenters. The molecule has 3 nitrogen and oxygen atoms in total. The molecule has 0 unspecified atom stereocenters. The molecule has 0 radical (unpaired) electrons. The summed E-state index contributed by atoms with van der Waals surface area (Å²) in [6, 6.07) is 5.69. The van der Waals surface area contributed by atoms with Crippen LogP contribution in [-0.2, 0) is 0 Å². The Balaban J connectivity index is 2.28. The first kappa shape index (κ1) is 14.3. The molecule has 0 saturated carbocycles. The Labute approximate surface area is 128 Å². The van der Waals surface area contributed by atoms with E-state index in [1.54, 1.807) is 6.92 Å². The van der Waals surface area contributed by atoms with Crippen LogP contribution in [0.3, 0.4) is 0 Å². The zero-order valence-electron chi connectivity index (χ0n) is 10.8. The van der Waals surface area contributed by atoms with Gasteiger partial charge in [-0.3, -0.25) is 4.79 Å². The Morgan fingerprint density at radius 2 is 1.84 bits per heavy atom. The lowest BCUT2D eigenvalue weighted by Gasteiger charge is -2.06. The van der Waals surface area contributed by atoms with E-state index < -0.39 is 0 Å². The van der Waals surface area contributed by atoms with Crippen LogP contribution in [-0.4, -0.2) is 5.91 Å². The standard InChI is InChI=1S/C14H13Br2NO2/c1-7-4-5-10(6-11(7)15)17-14(18)12-8(2)19-9(3)13(12)16/h4-6H,1-3H3,(H,17,18). The average Bonchev–Trinajstić information content (AvgIpc) is 2.58. The third kappa shape index (κ3) is 2.92. The minimum atomic E-state index is -0.183. The van der Waals surface area contributed by atoms with Crippen LogP contribution >= 0.6 is 31.9 Å². The number of hydrogen-bond donors (Lipinski definition) is 1. The van der Waals surface area contributed by atoms with E-state index in [9.17, 15) is 4.79 Å². The van der Waals surface area contributed by atoms with E-state index in [1.165, 1.54) is 0 Å². The van der Waals surface area contributed by atoms with E-state index in [0.717, 1.165) is 15.7 Å².